The van der Waals surface area contributed by atoms with E-state index in [1.165, 1.54) is 11.1 Å². The lowest BCUT2D eigenvalue weighted by atomic mass is 10.1. The lowest BCUT2D eigenvalue weighted by Gasteiger charge is -2.13. The molecule has 0 spiro atoms. The van der Waals surface area contributed by atoms with E-state index in [0.717, 1.165) is 24.8 Å². The Kier molecular flexibility index (Phi) is 8.36. The largest absolute Gasteiger partial charge is 0.479 e. The number of aliphatic carboxylic acids is 1. The van der Waals surface area contributed by atoms with E-state index in [4.69, 9.17) is 14.7 Å². The summed E-state index contributed by atoms with van der Waals surface area (Å²) in [5.41, 5.74) is 3.63. The number of nitrogens with zero attached hydrogens (tertiary/aromatic N) is 1. The van der Waals surface area contributed by atoms with Gasteiger partial charge in [-0.1, -0.05) is 54.0 Å². The van der Waals surface area contributed by atoms with Gasteiger partial charge in [0.25, 0.3) is 0 Å². The van der Waals surface area contributed by atoms with Gasteiger partial charge < -0.3 is 14.7 Å². The maximum atomic E-state index is 11.0. The van der Waals surface area contributed by atoms with Gasteiger partial charge in [-0.25, -0.2) is 4.79 Å². The van der Waals surface area contributed by atoms with Gasteiger partial charge in [0.2, 0.25) is 0 Å². The van der Waals surface area contributed by atoms with Gasteiger partial charge in [-0.05, 0) is 49.4 Å². The molecule has 0 fully saturated rings. The second kappa shape index (κ2) is 11.0. The number of hydrogen-bond acceptors (Lipinski definition) is 4. The molecule has 0 aliphatic rings. The first-order chi connectivity index (χ1) is 13.1. The minimum Gasteiger partial charge on any atom is -0.479 e. The summed E-state index contributed by atoms with van der Waals surface area (Å²) in [6, 6.07) is 15.9. The molecule has 2 aromatic carbocycles. The van der Waals surface area contributed by atoms with Crippen molar-refractivity contribution in [2.75, 3.05) is 6.61 Å². The predicted molar refractivity (Wildman–Crippen MR) is 106 cm³/mol. The van der Waals surface area contributed by atoms with Crippen LogP contribution in [0.2, 0.25) is 0 Å². The summed E-state index contributed by atoms with van der Waals surface area (Å²) in [7, 11) is 0. The number of aryl methyl sites for hydroxylation is 2. The number of benzene rings is 2. The van der Waals surface area contributed by atoms with Gasteiger partial charge in [0, 0.05) is 12.6 Å². The normalized spacial score (nSPS) is 12.1. The quantitative estimate of drug-likeness (QED) is 0.362. The molecule has 5 nitrogen and oxygen atoms in total. The highest BCUT2D eigenvalue weighted by atomic mass is 16.6. The molecule has 0 amide bonds. The maximum Gasteiger partial charge on any atom is 0.344 e. The van der Waals surface area contributed by atoms with Crippen molar-refractivity contribution in [3.63, 3.8) is 0 Å². The zero-order chi connectivity index (χ0) is 19.5. The average molecular weight is 369 g/mol. The van der Waals surface area contributed by atoms with Crippen LogP contribution >= 0.6 is 0 Å². The van der Waals surface area contributed by atoms with Gasteiger partial charge in [0.1, 0.15) is 12.4 Å². The maximum absolute atomic E-state index is 11.0. The summed E-state index contributed by atoms with van der Waals surface area (Å²) in [4.78, 5) is 16.3. The van der Waals surface area contributed by atoms with Crippen molar-refractivity contribution >= 4 is 12.2 Å². The zero-order valence-electron chi connectivity index (χ0n) is 15.9. The molecule has 2 rings (SSSR count). The van der Waals surface area contributed by atoms with E-state index in [1.54, 1.807) is 25.3 Å². The number of oxime groups is 1. The van der Waals surface area contributed by atoms with Crippen LogP contribution in [0, 0.1) is 6.92 Å². The summed E-state index contributed by atoms with van der Waals surface area (Å²) >= 11 is 0. The Morgan fingerprint density at radius 3 is 2.33 bits per heavy atom. The fourth-order valence-corrected chi connectivity index (χ4v) is 2.51. The van der Waals surface area contributed by atoms with Gasteiger partial charge in [-0.2, -0.15) is 0 Å². The van der Waals surface area contributed by atoms with Crippen molar-refractivity contribution in [2.45, 2.75) is 45.6 Å². The van der Waals surface area contributed by atoms with Crippen molar-refractivity contribution in [1.29, 1.82) is 0 Å². The zero-order valence-corrected chi connectivity index (χ0v) is 15.9. The van der Waals surface area contributed by atoms with Crippen LogP contribution in [0.4, 0.5) is 0 Å². The third-order valence-electron chi connectivity index (χ3n) is 4.16. The summed E-state index contributed by atoms with van der Waals surface area (Å²) in [5.74, 6) is -0.374. The molecule has 27 heavy (non-hydrogen) atoms. The Morgan fingerprint density at radius 1 is 1.07 bits per heavy atom. The Labute approximate surface area is 160 Å². The van der Waals surface area contributed by atoms with E-state index in [-0.39, 0.29) is 0 Å². The SMILES string of the molecule is CCC(Oc1ccc(CCC=NOCCc2ccc(C)cc2)cc1)C(=O)O. The van der Waals surface area contributed by atoms with Gasteiger partial charge in [-0.15, -0.1) is 0 Å². The van der Waals surface area contributed by atoms with E-state index in [0.29, 0.717) is 18.8 Å². The first-order valence-corrected chi connectivity index (χ1v) is 9.26. The molecule has 0 aromatic heterocycles. The molecule has 1 N–H and O–H groups in total. The molecule has 0 saturated carbocycles. The number of ether oxygens (including phenoxy) is 1. The Hall–Kier alpha value is -2.82. The summed E-state index contributed by atoms with van der Waals surface area (Å²) in [5, 5.41) is 13.0. The summed E-state index contributed by atoms with van der Waals surface area (Å²) in [6.45, 7) is 4.42. The Balaban J connectivity index is 1.65. The van der Waals surface area contributed by atoms with E-state index >= 15 is 0 Å². The average Bonchev–Trinajstić information content (AvgIpc) is 2.67. The molecule has 0 saturated heterocycles. The van der Waals surface area contributed by atoms with Crippen LogP contribution in [0.5, 0.6) is 5.75 Å². The van der Waals surface area contributed by atoms with Gasteiger partial charge in [0.05, 0.1) is 0 Å². The van der Waals surface area contributed by atoms with Gasteiger partial charge in [-0.3, -0.25) is 0 Å². The molecule has 1 unspecified atom stereocenters. The van der Waals surface area contributed by atoms with Crippen LogP contribution in [-0.4, -0.2) is 30.0 Å². The molecule has 2 aromatic rings. The fourth-order valence-electron chi connectivity index (χ4n) is 2.51. The minimum absolute atomic E-state index is 0.428. The molecule has 0 aliphatic heterocycles. The highest BCUT2D eigenvalue weighted by Gasteiger charge is 2.16. The number of carboxylic acid groups (broad SMARTS) is 1. The van der Waals surface area contributed by atoms with E-state index in [1.807, 2.05) is 12.1 Å². The highest BCUT2D eigenvalue weighted by molar-refractivity contribution is 5.72. The number of carbonyl (C=O) groups is 1. The third-order valence-corrected chi connectivity index (χ3v) is 4.16. The molecule has 0 aliphatic carbocycles. The van der Waals surface area contributed by atoms with E-state index in [2.05, 4.69) is 36.3 Å². The van der Waals surface area contributed by atoms with Crippen molar-refractivity contribution in [3.8, 4) is 5.75 Å². The van der Waals surface area contributed by atoms with Crippen molar-refractivity contribution < 1.29 is 19.5 Å². The van der Waals surface area contributed by atoms with Gasteiger partial charge >= 0.3 is 5.97 Å². The molecule has 144 valence electrons. The summed E-state index contributed by atoms with van der Waals surface area (Å²) in [6.07, 6.45) is 3.85. The monoisotopic (exact) mass is 369 g/mol. The lowest BCUT2D eigenvalue weighted by Crippen LogP contribution is -2.25. The molecule has 0 bridgehead atoms. The second-order valence-corrected chi connectivity index (χ2v) is 6.39. The molecule has 0 radical (unpaired) electrons. The highest BCUT2D eigenvalue weighted by Crippen LogP contribution is 2.16. The molecule has 5 heteroatoms. The standard InChI is InChI=1S/C22H27NO4/c1-3-21(22(24)25)27-20-12-10-18(11-13-20)5-4-15-23-26-16-14-19-8-6-17(2)7-9-19/h6-13,15,21H,3-5,14,16H2,1-2H3,(H,24,25). The smallest absolute Gasteiger partial charge is 0.344 e. The first kappa shape index (κ1) is 20.5. The number of carboxylic acids is 1. The molecule has 1 atom stereocenters. The summed E-state index contributed by atoms with van der Waals surface area (Å²) < 4.78 is 5.45. The van der Waals surface area contributed by atoms with Crippen LogP contribution in [-0.2, 0) is 22.5 Å². The molecular formula is C22H27NO4. The minimum atomic E-state index is -0.944. The third kappa shape index (κ3) is 7.52. The molecule has 0 heterocycles. The topological polar surface area (TPSA) is 68.1 Å². The van der Waals surface area contributed by atoms with Crippen LogP contribution in [0.25, 0.3) is 0 Å². The molecular weight excluding hydrogens is 342 g/mol. The lowest BCUT2D eigenvalue weighted by molar-refractivity contribution is -0.145. The van der Waals surface area contributed by atoms with E-state index < -0.39 is 12.1 Å². The van der Waals surface area contributed by atoms with Crippen LogP contribution in [0.1, 0.15) is 36.5 Å². The van der Waals surface area contributed by atoms with E-state index in [9.17, 15) is 4.79 Å². The van der Waals surface area contributed by atoms with Gasteiger partial charge in [0.15, 0.2) is 6.10 Å². The predicted octanol–water partition coefficient (Wildman–Crippen LogP) is 4.41. The van der Waals surface area contributed by atoms with Crippen molar-refractivity contribution in [1.82, 2.24) is 0 Å². The fraction of sp³-hybridized carbons (Fsp3) is 0.364. The first-order valence-electron chi connectivity index (χ1n) is 9.26. The Morgan fingerprint density at radius 2 is 1.70 bits per heavy atom. The second-order valence-electron chi connectivity index (χ2n) is 6.39. The van der Waals surface area contributed by atoms with Crippen molar-refractivity contribution in [2.24, 2.45) is 5.16 Å². The Bertz CT molecular complexity index is 723. The number of hydrogen-bond donors (Lipinski definition) is 1. The van der Waals surface area contributed by atoms with Crippen molar-refractivity contribution in [3.05, 3.63) is 65.2 Å². The van der Waals surface area contributed by atoms with Crippen LogP contribution in [0.3, 0.4) is 0 Å². The van der Waals surface area contributed by atoms with Crippen LogP contribution < -0.4 is 4.74 Å². The van der Waals surface area contributed by atoms with Crippen LogP contribution in [0.15, 0.2) is 53.7 Å². The number of rotatable bonds is 11.